The van der Waals surface area contributed by atoms with Crippen LogP contribution in [0, 0.1) is 11.8 Å². The van der Waals surface area contributed by atoms with E-state index in [-0.39, 0.29) is 23.8 Å². The summed E-state index contributed by atoms with van der Waals surface area (Å²) in [6.07, 6.45) is 0.991. The van der Waals surface area contributed by atoms with E-state index in [4.69, 9.17) is 0 Å². The summed E-state index contributed by atoms with van der Waals surface area (Å²) in [5, 5.41) is 5.76. The van der Waals surface area contributed by atoms with Crippen molar-refractivity contribution in [3.8, 4) is 0 Å². The van der Waals surface area contributed by atoms with Gasteiger partial charge in [0.1, 0.15) is 0 Å². The van der Waals surface area contributed by atoms with Gasteiger partial charge in [0.2, 0.25) is 11.8 Å². The first kappa shape index (κ1) is 13.6. The quantitative estimate of drug-likeness (QED) is 0.873. The number of hydrogen-bond acceptors (Lipinski definition) is 2. The molecule has 0 aromatic heterocycles. The highest BCUT2D eigenvalue weighted by atomic mass is 16.2. The van der Waals surface area contributed by atoms with Gasteiger partial charge in [-0.15, -0.1) is 0 Å². The number of rotatable bonds is 4. The van der Waals surface area contributed by atoms with Gasteiger partial charge in [-0.3, -0.25) is 9.59 Å². The molecule has 19 heavy (non-hydrogen) atoms. The Hall–Kier alpha value is -1.84. The molecular formula is C15H20N2O2. The number of anilines is 1. The Morgan fingerprint density at radius 1 is 1.37 bits per heavy atom. The minimum atomic E-state index is -0.0966. The summed E-state index contributed by atoms with van der Waals surface area (Å²) in [4.78, 5) is 22.9. The molecule has 102 valence electrons. The Balaban J connectivity index is 2.00. The molecule has 4 nitrogen and oxygen atoms in total. The molecule has 0 bridgehead atoms. The van der Waals surface area contributed by atoms with Gasteiger partial charge >= 0.3 is 0 Å². The van der Waals surface area contributed by atoms with Crippen LogP contribution in [0.25, 0.3) is 0 Å². The summed E-state index contributed by atoms with van der Waals surface area (Å²) < 4.78 is 0. The predicted molar refractivity (Wildman–Crippen MR) is 74.6 cm³/mol. The molecular weight excluding hydrogens is 240 g/mol. The molecule has 2 amide bonds. The highest BCUT2D eigenvalue weighted by molar-refractivity contribution is 5.88. The number of amides is 2. The van der Waals surface area contributed by atoms with Gasteiger partial charge in [-0.2, -0.15) is 0 Å². The van der Waals surface area contributed by atoms with Crippen molar-refractivity contribution in [3.05, 3.63) is 29.8 Å². The van der Waals surface area contributed by atoms with Crippen molar-refractivity contribution in [1.29, 1.82) is 0 Å². The maximum absolute atomic E-state index is 11.9. The first-order chi connectivity index (χ1) is 8.97. The van der Waals surface area contributed by atoms with Gasteiger partial charge in [-0.05, 0) is 37.0 Å². The van der Waals surface area contributed by atoms with Crippen molar-refractivity contribution >= 4 is 17.5 Å². The number of carbonyl (C=O) groups excluding carboxylic acids is 2. The second kappa shape index (κ2) is 5.43. The lowest BCUT2D eigenvalue weighted by atomic mass is 10.1. The zero-order valence-corrected chi connectivity index (χ0v) is 11.6. The molecule has 0 saturated heterocycles. The zero-order valence-electron chi connectivity index (χ0n) is 11.6. The number of carbonyl (C=O) groups is 2. The fourth-order valence-electron chi connectivity index (χ4n) is 2.18. The number of nitrogens with one attached hydrogen (secondary N) is 2. The largest absolute Gasteiger partial charge is 0.349 e. The molecule has 0 heterocycles. The Morgan fingerprint density at radius 3 is 2.63 bits per heavy atom. The fourth-order valence-corrected chi connectivity index (χ4v) is 2.18. The van der Waals surface area contributed by atoms with Crippen molar-refractivity contribution in [1.82, 2.24) is 5.32 Å². The molecule has 1 aliphatic rings. The Labute approximate surface area is 113 Å². The van der Waals surface area contributed by atoms with E-state index in [1.54, 1.807) is 0 Å². The first-order valence-electron chi connectivity index (χ1n) is 6.65. The maximum atomic E-state index is 11.9. The van der Waals surface area contributed by atoms with Crippen molar-refractivity contribution in [3.63, 3.8) is 0 Å². The minimum absolute atomic E-state index is 0.0472. The summed E-state index contributed by atoms with van der Waals surface area (Å²) in [6.45, 7) is 5.52. The third-order valence-electron chi connectivity index (χ3n) is 3.51. The second-order valence-corrected chi connectivity index (χ2v) is 5.36. The molecule has 4 heteroatoms. The van der Waals surface area contributed by atoms with E-state index in [1.807, 2.05) is 31.2 Å². The second-order valence-electron chi connectivity index (χ2n) is 5.36. The summed E-state index contributed by atoms with van der Waals surface area (Å²) in [5.41, 5.74) is 1.75. The molecule has 1 aromatic carbocycles. The molecule has 1 saturated carbocycles. The van der Waals surface area contributed by atoms with Crippen molar-refractivity contribution in [2.75, 3.05) is 5.32 Å². The van der Waals surface area contributed by atoms with Gasteiger partial charge in [0.15, 0.2) is 0 Å². The van der Waals surface area contributed by atoms with Gasteiger partial charge < -0.3 is 10.6 Å². The number of hydrogen-bond donors (Lipinski definition) is 2. The molecule has 0 spiro atoms. The SMILES string of the molecule is CC(=O)Nc1cccc([C@H](C)NC(=O)[C@@H]2C[C@H]2C)c1. The van der Waals surface area contributed by atoms with E-state index in [0.717, 1.165) is 17.7 Å². The third-order valence-corrected chi connectivity index (χ3v) is 3.51. The van der Waals surface area contributed by atoms with Gasteiger partial charge in [0.25, 0.3) is 0 Å². The third kappa shape index (κ3) is 3.56. The van der Waals surface area contributed by atoms with Gasteiger partial charge in [-0.25, -0.2) is 0 Å². The monoisotopic (exact) mass is 260 g/mol. The van der Waals surface area contributed by atoms with E-state index < -0.39 is 0 Å². The van der Waals surface area contributed by atoms with Gasteiger partial charge in [0.05, 0.1) is 6.04 Å². The number of benzene rings is 1. The molecule has 1 aliphatic carbocycles. The summed E-state index contributed by atoms with van der Waals surface area (Å²) in [6, 6.07) is 7.51. The molecule has 0 unspecified atom stereocenters. The van der Waals surface area contributed by atoms with Crippen LogP contribution in [0.2, 0.25) is 0 Å². The van der Waals surface area contributed by atoms with E-state index >= 15 is 0 Å². The van der Waals surface area contributed by atoms with Crippen molar-refractivity contribution < 1.29 is 9.59 Å². The lowest BCUT2D eigenvalue weighted by Gasteiger charge is -2.15. The van der Waals surface area contributed by atoms with Crippen LogP contribution in [0.4, 0.5) is 5.69 Å². The topological polar surface area (TPSA) is 58.2 Å². The van der Waals surface area contributed by atoms with Crippen LogP contribution in [-0.2, 0) is 9.59 Å². The maximum Gasteiger partial charge on any atom is 0.223 e. The Morgan fingerprint density at radius 2 is 2.05 bits per heavy atom. The van der Waals surface area contributed by atoms with E-state index in [2.05, 4.69) is 17.6 Å². The smallest absolute Gasteiger partial charge is 0.223 e. The predicted octanol–water partition coefficient (Wildman–Crippen LogP) is 2.48. The summed E-state index contributed by atoms with van der Waals surface area (Å²) in [7, 11) is 0. The van der Waals surface area contributed by atoms with Crippen LogP contribution in [-0.4, -0.2) is 11.8 Å². The fraction of sp³-hybridized carbons (Fsp3) is 0.467. The summed E-state index contributed by atoms with van der Waals surface area (Å²) in [5.74, 6) is 0.726. The van der Waals surface area contributed by atoms with Crippen molar-refractivity contribution in [2.24, 2.45) is 11.8 Å². The van der Waals surface area contributed by atoms with Crippen LogP contribution in [0.3, 0.4) is 0 Å². The highest BCUT2D eigenvalue weighted by Crippen LogP contribution is 2.38. The lowest BCUT2D eigenvalue weighted by molar-refractivity contribution is -0.123. The molecule has 2 N–H and O–H groups in total. The zero-order chi connectivity index (χ0) is 14.0. The van der Waals surface area contributed by atoms with E-state index in [0.29, 0.717) is 5.92 Å². The van der Waals surface area contributed by atoms with Crippen LogP contribution in [0.15, 0.2) is 24.3 Å². The normalized spacial score (nSPS) is 22.5. The van der Waals surface area contributed by atoms with Crippen LogP contribution >= 0.6 is 0 Å². The highest BCUT2D eigenvalue weighted by Gasteiger charge is 2.39. The Kier molecular flexibility index (Phi) is 3.88. The molecule has 3 atom stereocenters. The average molecular weight is 260 g/mol. The first-order valence-corrected chi connectivity index (χ1v) is 6.65. The van der Waals surface area contributed by atoms with Crippen LogP contribution < -0.4 is 10.6 Å². The average Bonchev–Trinajstić information content (AvgIpc) is 3.06. The standard InChI is InChI=1S/C15H20N2O2/c1-9-7-14(9)15(19)16-10(2)12-5-4-6-13(8-12)17-11(3)18/h4-6,8-10,14H,7H2,1-3H3,(H,16,19)(H,17,18)/t9-,10+,14-/m1/s1. The van der Waals surface area contributed by atoms with Crippen molar-refractivity contribution in [2.45, 2.75) is 33.2 Å². The molecule has 1 aromatic rings. The van der Waals surface area contributed by atoms with E-state index in [1.165, 1.54) is 6.92 Å². The minimum Gasteiger partial charge on any atom is -0.349 e. The van der Waals surface area contributed by atoms with Crippen LogP contribution in [0.1, 0.15) is 38.8 Å². The lowest BCUT2D eigenvalue weighted by Crippen LogP contribution is -2.28. The Bertz CT molecular complexity index is 499. The molecule has 0 radical (unpaired) electrons. The van der Waals surface area contributed by atoms with Gasteiger partial charge in [-0.1, -0.05) is 19.1 Å². The summed E-state index contributed by atoms with van der Waals surface area (Å²) >= 11 is 0. The van der Waals surface area contributed by atoms with Gasteiger partial charge in [0, 0.05) is 18.5 Å². The molecule has 1 fully saturated rings. The molecule has 0 aliphatic heterocycles. The molecule has 2 rings (SSSR count). The van der Waals surface area contributed by atoms with E-state index in [9.17, 15) is 9.59 Å². The van der Waals surface area contributed by atoms with Crippen LogP contribution in [0.5, 0.6) is 0 Å².